The first kappa shape index (κ1) is 21.6. The zero-order valence-electron chi connectivity index (χ0n) is 16.1. The van der Waals surface area contributed by atoms with E-state index in [2.05, 4.69) is 10.0 Å². The van der Waals surface area contributed by atoms with Crippen molar-refractivity contribution in [3.05, 3.63) is 58.1 Å². The minimum absolute atomic E-state index is 0.139. The van der Waals surface area contributed by atoms with Crippen molar-refractivity contribution < 1.29 is 23.0 Å². The monoisotopic (exact) mass is 409 g/mol. The predicted molar refractivity (Wildman–Crippen MR) is 106 cm³/mol. The van der Waals surface area contributed by atoms with Gasteiger partial charge in [0.2, 0.25) is 10.0 Å². The van der Waals surface area contributed by atoms with Crippen LogP contribution in [0.3, 0.4) is 0 Å². The molecule has 0 atom stereocenters. The second-order valence-corrected chi connectivity index (χ2v) is 8.26. The number of anilines is 1. The van der Waals surface area contributed by atoms with Crippen molar-refractivity contribution >= 4 is 21.4 Å². The highest BCUT2D eigenvalue weighted by Gasteiger charge is 2.21. The zero-order valence-corrected chi connectivity index (χ0v) is 16.9. The Hall–Kier alpha value is -2.69. The van der Waals surface area contributed by atoms with Crippen LogP contribution in [-0.2, 0) is 16.6 Å². The highest BCUT2D eigenvalue weighted by Crippen LogP contribution is 2.28. The van der Waals surface area contributed by atoms with E-state index < -0.39 is 14.9 Å². The van der Waals surface area contributed by atoms with Gasteiger partial charge in [-0.15, -0.1) is 0 Å². The summed E-state index contributed by atoms with van der Waals surface area (Å²) in [4.78, 5) is 11.8. The molecule has 0 radical (unpaired) electrons. The first-order valence-electron chi connectivity index (χ1n) is 8.67. The molecule has 0 saturated carbocycles. The molecule has 0 amide bonds. The summed E-state index contributed by atoms with van der Waals surface area (Å²) in [5, 5.41) is 14.4. The maximum atomic E-state index is 12.4. The Bertz CT molecular complexity index is 931. The molecule has 28 heavy (non-hydrogen) atoms. The Morgan fingerprint density at radius 1 is 1.18 bits per heavy atom. The Balaban J connectivity index is 2.19. The number of hydrogen-bond donors (Lipinski definition) is 3. The van der Waals surface area contributed by atoms with E-state index in [0.29, 0.717) is 18.8 Å². The van der Waals surface area contributed by atoms with Crippen LogP contribution in [0.15, 0.2) is 47.4 Å². The lowest BCUT2D eigenvalue weighted by molar-refractivity contribution is -0.856. The molecule has 10 heteroatoms. The Kier molecular flexibility index (Phi) is 7.32. The number of nitro groups is 1. The maximum absolute atomic E-state index is 12.4. The van der Waals surface area contributed by atoms with Gasteiger partial charge in [0.25, 0.3) is 5.69 Å². The fourth-order valence-electron chi connectivity index (χ4n) is 2.48. The molecule has 2 rings (SSSR count). The predicted octanol–water partition coefficient (Wildman–Crippen LogP) is 0.638. The van der Waals surface area contributed by atoms with E-state index in [1.54, 1.807) is 13.2 Å². The fraction of sp³-hybridized carbons (Fsp3) is 0.333. The number of nitrogens with zero attached hydrogens (tertiary/aromatic N) is 1. The van der Waals surface area contributed by atoms with Crippen molar-refractivity contribution in [3.63, 3.8) is 0 Å². The number of likely N-dealkylation sites (N-methyl/N-ethyl adjacent to an activating group) is 1. The molecular formula is C18H25N4O5S+. The third-order valence-corrected chi connectivity index (χ3v) is 5.47. The van der Waals surface area contributed by atoms with Crippen molar-refractivity contribution in [2.24, 2.45) is 0 Å². The number of rotatable bonds is 10. The summed E-state index contributed by atoms with van der Waals surface area (Å²) in [5.41, 5.74) is 0.812. The number of benzene rings is 2. The van der Waals surface area contributed by atoms with Gasteiger partial charge in [0.05, 0.1) is 44.1 Å². The molecule has 9 nitrogen and oxygen atoms in total. The maximum Gasteiger partial charge on any atom is 0.293 e. The number of ether oxygens (including phenoxy) is 1. The van der Waals surface area contributed by atoms with Crippen LogP contribution in [0.5, 0.6) is 5.75 Å². The van der Waals surface area contributed by atoms with Gasteiger partial charge >= 0.3 is 0 Å². The number of nitrogens with one attached hydrogen (secondary N) is 3. The van der Waals surface area contributed by atoms with Gasteiger partial charge in [0.1, 0.15) is 11.4 Å². The smallest absolute Gasteiger partial charge is 0.293 e. The normalized spacial score (nSPS) is 11.4. The molecule has 0 aliphatic heterocycles. The average Bonchev–Trinajstić information content (AvgIpc) is 2.65. The summed E-state index contributed by atoms with van der Waals surface area (Å²) < 4.78 is 32.4. The molecule has 0 aromatic heterocycles. The largest absolute Gasteiger partial charge is 0.497 e. The van der Waals surface area contributed by atoms with E-state index in [9.17, 15) is 18.5 Å². The summed E-state index contributed by atoms with van der Waals surface area (Å²) in [6, 6.07) is 11.1. The molecule has 0 fully saturated rings. The van der Waals surface area contributed by atoms with Crippen molar-refractivity contribution in [3.8, 4) is 5.75 Å². The van der Waals surface area contributed by atoms with E-state index in [1.165, 1.54) is 12.1 Å². The third-order valence-electron chi connectivity index (χ3n) is 4.01. The van der Waals surface area contributed by atoms with E-state index >= 15 is 0 Å². The van der Waals surface area contributed by atoms with Gasteiger partial charge in [0.15, 0.2) is 0 Å². The Labute approximate surface area is 164 Å². The lowest BCUT2D eigenvalue weighted by Gasteiger charge is -2.11. The van der Waals surface area contributed by atoms with Crippen LogP contribution in [0.25, 0.3) is 0 Å². The van der Waals surface area contributed by atoms with Crippen LogP contribution in [0, 0.1) is 10.1 Å². The van der Waals surface area contributed by atoms with Crippen LogP contribution in [0.2, 0.25) is 0 Å². The topological polar surface area (TPSA) is 115 Å². The number of sulfonamides is 1. The molecule has 0 unspecified atom stereocenters. The number of hydrogen-bond acceptors (Lipinski definition) is 6. The third kappa shape index (κ3) is 5.91. The lowest BCUT2D eigenvalue weighted by Crippen LogP contribution is -3.06. The molecule has 2 aromatic carbocycles. The zero-order chi connectivity index (χ0) is 20.7. The number of methoxy groups -OCH3 is 1. The van der Waals surface area contributed by atoms with Crippen LogP contribution in [0.4, 0.5) is 11.4 Å². The van der Waals surface area contributed by atoms with Gasteiger partial charge in [0, 0.05) is 12.6 Å². The van der Waals surface area contributed by atoms with Gasteiger partial charge in [-0.3, -0.25) is 10.1 Å². The Morgan fingerprint density at radius 3 is 2.57 bits per heavy atom. The second-order valence-electron chi connectivity index (χ2n) is 6.50. The minimum Gasteiger partial charge on any atom is -0.497 e. The highest BCUT2D eigenvalue weighted by molar-refractivity contribution is 7.89. The van der Waals surface area contributed by atoms with Crippen molar-refractivity contribution in [1.29, 1.82) is 0 Å². The van der Waals surface area contributed by atoms with Crippen molar-refractivity contribution in [2.75, 3.05) is 39.6 Å². The molecule has 0 aliphatic rings. The second kappa shape index (κ2) is 9.49. The van der Waals surface area contributed by atoms with E-state index in [1.807, 2.05) is 32.3 Å². The lowest BCUT2D eigenvalue weighted by atomic mass is 10.2. The summed E-state index contributed by atoms with van der Waals surface area (Å²) in [7, 11) is 1.55. The number of quaternary nitrogens is 1. The number of nitro benzene ring substituents is 1. The molecule has 152 valence electrons. The van der Waals surface area contributed by atoms with Gasteiger partial charge in [-0.2, -0.15) is 0 Å². The van der Waals surface area contributed by atoms with Gasteiger partial charge in [-0.25, -0.2) is 13.1 Å². The summed E-state index contributed by atoms with van der Waals surface area (Å²) >= 11 is 0. The summed E-state index contributed by atoms with van der Waals surface area (Å²) in [5.74, 6) is 0.681. The van der Waals surface area contributed by atoms with Crippen LogP contribution in [0.1, 0.15) is 5.56 Å². The molecule has 0 bridgehead atoms. The molecule has 2 aromatic rings. The standard InChI is InChI=1S/C18H24N4O5S/c1-21(2)10-9-20-28(25,26)16-7-8-17(18(12-16)22(23)24)19-13-14-5-4-6-15(11-14)27-3/h4-8,11-12,19-20H,9-10,13H2,1-3H3/p+1. The van der Waals surface area contributed by atoms with E-state index in [-0.39, 0.29) is 22.8 Å². The molecular weight excluding hydrogens is 384 g/mol. The first-order valence-corrected chi connectivity index (χ1v) is 10.1. The van der Waals surface area contributed by atoms with Gasteiger partial charge in [-0.1, -0.05) is 12.1 Å². The van der Waals surface area contributed by atoms with E-state index in [0.717, 1.165) is 16.5 Å². The highest BCUT2D eigenvalue weighted by atomic mass is 32.2. The van der Waals surface area contributed by atoms with Gasteiger partial charge < -0.3 is 15.0 Å². The van der Waals surface area contributed by atoms with Crippen LogP contribution in [-0.4, -0.2) is 47.6 Å². The quantitative estimate of drug-likeness (QED) is 0.392. The minimum atomic E-state index is -3.82. The average molecular weight is 409 g/mol. The SMILES string of the molecule is COc1cccc(CNc2ccc(S(=O)(=O)NCC[NH+](C)C)cc2[N+](=O)[O-])c1. The molecule has 0 heterocycles. The first-order chi connectivity index (χ1) is 13.2. The van der Waals surface area contributed by atoms with Crippen molar-refractivity contribution in [2.45, 2.75) is 11.4 Å². The summed E-state index contributed by atoms with van der Waals surface area (Å²) in [6.45, 7) is 1.17. The Morgan fingerprint density at radius 2 is 1.93 bits per heavy atom. The van der Waals surface area contributed by atoms with Crippen molar-refractivity contribution in [1.82, 2.24) is 4.72 Å². The van der Waals surface area contributed by atoms with Gasteiger partial charge in [-0.05, 0) is 29.8 Å². The molecule has 0 aliphatic carbocycles. The fourth-order valence-corrected chi connectivity index (χ4v) is 3.53. The van der Waals surface area contributed by atoms with E-state index in [4.69, 9.17) is 4.74 Å². The summed E-state index contributed by atoms with van der Waals surface area (Å²) in [6.07, 6.45) is 0. The molecule has 3 N–H and O–H groups in total. The molecule has 0 spiro atoms. The van der Waals surface area contributed by atoms with Crippen LogP contribution >= 0.6 is 0 Å². The molecule has 0 saturated heterocycles. The van der Waals surface area contributed by atoms with Crippen LogP contribution < -0.4 is 19.7 Å².